The summed E-state index contributed by atoms with van der Waals surface area (Å²) in [5, 5.41) is 5.03. The third-order valence-electron chi connectivity index (χ3n) is 3.96. The van der Waals surface area contributed by atoms with Crippen molar-refractivity contribution >= 4 is 46.6 Å². The van der Waals surface area contributed by atoms with E-state index in [1.54, 1.807) is 25.1 Å². The third-order valence-corrected chi connectivity index (χ3v) is 6.05. The van der Waals surface area contributed by atoms with Crippen molar-refractivity contribution in [2.75, 3.05) is 0 Å². The fourth-order valence-electron chi connectivity index (χ4n) is 2.52. The van der Waals surface area contributed by atoms with Crippen LogP contribution in [0.4, 0.5) is 0 Å². The molecule has 0 aliphatic heterocycles. The summed E-state index contributed by atoms with van der Waals surface area (Å²) in [6.45, 7) is 1.79. The molecule has 6 heteroatoms. The van der Waals surface area contributed by atoms with Gasteiger partial charge < -0.3 is 0 Å². The zero-order valence-corrected chi connectivity index (χ0v) is 17.4. The lowest BCUT2D eigenvalue weighted by atomic mass is 10.0. The molecule has 0 fully saturated rings. The van der Waals surface area contributed by atoms with Gasteiger partial charge in [-0.2, -0.15) is 5.10 Å². The van der Waals surface area contributed by atoms with Crippen LogP contribution in [0.2, 0.25) is 10.0 Å². The topological polar surface area (TPSA) is 41.5 Å². The highest BCUT2D eigenvalue weighted by atomic mass is 35.5. The largest absolute Gasteiger partial charge is 0.272 e. The van der Waals surface area contributed by atoms with Crippen LogP contribution in [-0.4, -0.2) is 16.9 Å². The number of rotatable bonds is 6. The Hall–Kier alpha value is -2.27. The molecule has 3 nitrogen and oxygen atoms in total. The number of carbonyl (C=O) groups excluding carboxylic acids is 1. The van der Waals surface area contributed by atoms with Crippen LogP contribution in [0, 0.1) is 0 Å². The number of nitrogens with zero attached hydrogens (tertiary/aromatic N) is 1. The molecule has 1 N–H and O–H groups in total. The van der Waals surface area contributed by atoms with Crippen molar-refractivity contribution in [3.63, 3.8) is 0 Å². The van der Waals surface area contributed by atoms with Gasteiger partial charge in [-0.1, -0.05) is 89.9 Å². The average molecular weight is 429 g/mol. The lowest BCUT2D eigenvalue weighted by molar-refractivity contribution is -0.120. The van der Waals surface area contributed by atoms with E-state index in [4.69, 9.17) is 23.2 Å². The minimum Gasteiger partial charge on any atom is -0.272 e. The molecule has 0 radical (unpaired) electrons. The Bertz CT molecular complexity index is 917. The van der Waals surface area contributed by atoms with Crippen molar-refractivity contribution < 1.29 is 4.79 Å². The number of nitrogens with one attached hydrogen (secondary N) is 1. The molecule has 0 saturated carbocycles. The van der Waals surface area contributed by atoms with Gasteiger partial charge in [0.15, 0.2) is 0 Å². The summed E-state index contributed by atoms with van der Waals surface area (Å²) in [6, 6.07) is 24.7. The highest BCUT2D eigenvalue weighted by Gasteiger charge is 2.18. The second kappa shape index (κ2) is 9.78. The van der Waals surface area contributed by atoms with Gasteiger partial charge in [-0.25, -0.2) is 5.43 Å². The molecule has 0 spiro atoms. The van der Waals surface area contributed by atoms with Gasteiger partial charge >= 0.3 is 0 Å². The zero-order chi connectivity index (χ0) is 19.9. The number of hydrogen-bond donors (Lipinski definition) is 1. The first kappa shape index (κ1) is 20.5. The first-order valence-electron chi connectivity index (χ1n) is 8.65. The van der Waals surface area contributed by atoms with Crippen molar-refractivity contribution in [3.8, 4) is 0 Å². The molecule has 0 aliphatic rings. The molecule has 0 aromatic heterocycles. The van der Waals surface area contributed by atoms with E-state index < -0.39 is 5.25 Å². The van der Waals surface area contributed by atoms with E-state index in [1.165, 1.54) is 11.8 Å². The summed E-state index contributed by atoms with van der Waals surface area (Å²) >= 11 is 13.7. The van der Waals surface area contributed by atoms with Gasteiger partial charge in [0.2, 0.25) is 0 Å². The van der Waals surface area contributed by atoms with Crippen LogP contribution in [-0.2, 0) is 4.79 Å². The number of thioether (sulfide) groups is 1. The van der Waals surface area contributed by atoms with Crippen LogP contribution < -0.4 is 5.43 Å². The molecule has 0 aliphatic carbocycles. The lowest BCUT2D eigenvalue weighted by Gasteiger charge is -2.13. The summed E-state index contributed by atoms with van der Waals surface area (Å²) in [5.74, 6) is -0.231. The first-order valence-corrected chi connectivity index (χ1v) is 10.3. The molecule has 0 heterocycles. The molecule has 3 aromatic carbocycles. The predicted molar refractivity (Wildman–Crippen MR) is 118 cm³/mol. The fraction of sp³-hybridized carbons (Fsp3) is 0.0909. The molecule has 0 saturated heterocycles. The summed E-state index contributed by atoms with van der Waals surface area (Å²) < 4.78 is 0. The van der Waals surface area contributed by atoms with E-state index >= 15 is 0 Å². The fourth-order valence-corrected chi connectivity index (χ4v) is 4.05. The quantitative estimate of drug-likeness (QED) is 0.295. The Morgan fingerprint density at radius 2 is 1.36 bits per heavy atom. The first-order chi connectivity index (χ1) is 13.6. The number of hydrazone groups is 1. The van der Waals surface area contributed by atoms with Crippen LogP contribution in [0.5, 0.6) is 0 Å². The van der Waals surface area contributed by atoms with E-state index in [-0.39, 0.29) is 5.91 Å². The summed E-state index contributed by atoms with van der Waals surface area (Å²) in [6.07, 6.45) is 0. The Morgan fingerprint density at radius 1 is 0.857 bits per heavy atom. The van der Waals surface area contributed by atoms with Gasteiger partial charge in [0.05, 0.1) is 21.0 Å². The predicted octanol–water partition coefficient (Wildman–Crippen LogP) is 6.04. The van der Waals surface area contributed by atoms with Gasteiger partial charge in [-0.15, -0.1) is 11.8 Å². The van der Waals surface area contributed by atoms with Gasteiger partial charge in [-0.05, 0) is 19.1 Å². The molecular formula is C22H18Cl2N2OS. The maximum Gasteiger partial charge on any atom is 0.253 e. The summed E-state index contributed by atoms with van der Waals surface area (Å²) in [7, 11) is 0. The average Bonchev–Trinajstić information content (AvgIpc) is 2.72. The van der Waals surface area contributed by atoms with E-state index in [2.05, 4.69) is 10.5 Å². The molecule has 3 rings (SSSR count). The Kier molecular flexibility index (Phi) is 7.15. The number of halogens is 2. The van der Waals surface area contributed by atoms with Crippen LogP contribution in [0.3, 0.4) is 0 Å². The second-order valence-corrected chi connectivity index (χ2v) is 8.14. The van der Waals surface area contributed by atoms with Gasteiger partial charge in [-0.3, -0.25) is 4.79 Å². The maximum atomic E-state index is 12.6. The molecule has 142 valence electrons. The maximum absolute atomic E-state index is 12.6. The van der Waals surface area contributed by atoms with Gasteiger partial charge in [0, 0.05) is 16.0 Å². The molecule has 28 heavy (non-hydrogen) atoms. The van der Waals surface area contributed by atoms with Crippen molar-refractivity contribution in [1.29, 1.82) is 0 Å². The molecule has 0 unspecified atom stereocenters. The zero-order valence-electron chi connectivity index (χ0n) is 15.1. The van der Waals surface area contributed by atoms with E-state index in [0.29, 0.717) is 20.7 Å². The summed E-state index contributed by atoms with van der Waals surface area (Å²) in [4.78, 5) is 13.3. The van der Waals surface area contributed by atoms with E-state index in [0.717, 1.165) is 11.1 Å². The van der Waals surface area contributed by atoms with E-state index in [1.807, 2.05) is 60.7 Å². The highest BCUT2D eigenvalue weighted by molar-refractivity contribution is 8.00. The second-order valence-electron chi connectivity index (χ2n) is 5.98. The molecule has 0 bridgehead atoms. The van der Waals surface area contributed by atoms with Crippen LogP contribution in [0.1, 0.15) is 18.1 Å². The lowest BCUT2D eigenvalue weighted by Crippen LogP contribution is -2.28. The minimum absolute atomic E-state index is 0.231. The van der Waals surface area contributed by atoms with Crippen molar-refractivity contribution in [2.24, 2.45) is 5.10 Å². The summed E-state index contributed by atoms with van der Waals surface area (Å²) in [5.41, 5.74) is 5.22. The third kappa shape index (κ3) is 5.16. The van der Waals surface area contributed by atoms with Crippen molar-refractivity contribution in [2.45, 2.75) is 17.1 Å². The molecular weight excluding hydrogens is 411 g/mol. The monoisotopic (exact) mass is 428 g/mol. The molecule has 1 amide bonds. The van der Waals surface area contributed by atoms with Crippen molar-refractivity contribution in [1.82, 2.24) is 5.43 Å². The number of hydrogen-bond acceptors (Lipinski definition) is 3. The Balaban J connectivity index is 1.79. The SMILES string of the molecule is C[C@H](Sc1c(Cl)cccc1Cl)C(=O)NN=C(c1ccccc1)c1ccccc1. The standard InChI is InChI=1S/C22H18Cl2N2OS/c1-15(28-21-18(23)13-8-14-19(21)24)22(27)26-25-20(16-9-4-2-5-10-16)17-11-6-3-7-12-17/h2-15H,1H3,(H,26,27)/t15-/m0/s1. The van der Waals surface area contributed by atoms with Crippen molar-refractivity contribution in [3.05, 3.63) is 100 Å². The molecule has 3 aromatic rings. The molecule has 1 atom stereocenters. The van der Waals surface area contributed by atoms with Crippen LogP contribution in [0.25, 0.3) is 0 Å². The van der Waals surface area contributed by atoms with E-state index in [9.17, 15) is 4.79 Å². The van der Waals surface area contributed by atoms with Crippen LogP contribution >= 0.6 is 35.0 Å². The smallest absolute Gasteiger partial charge is 0.253 e. The number of amides is 1. The Morgan fingerprint density at radius 3 is 1.86 bits per heavy atom. The minimum atomic E-state index is -0.422. The highest BCUT2D eigenvalue weighted by Crippen LogP contribution is 2.36. The normalized spacial score (nSPS) is 11.5. The number of carbonyl (C=O) groups is 1. The number of benzene rings is 3. The van der Waals surface area contributed by atoms with Crippen LogP contribution in [0.15, 0.2) is 88.9 Å². The Labute approximate surface area is 178 Å². The van der Waals surface area contributed by atoms with Gasteiger partial charge in [0.25, 0.3) is 5.91 Å². The van der Waals surface area contributed by atoms with Gasteiger partial charge in [0.1, 0.15) is 0 Å².